The topological polar surface area (TPSA) is 24.5 Å². The number of nitrogens with zero attached hydrogens (tertiary/aromatic N) is 1. The summed E-state index contributed by atoms with van der Waals surface area (Å²) in [4.78, 5) is 2.41. The number of hydrogen-bond donors (Lipinski definition) is 1. The van der Waals surface area contributed by atoms with Gasteiger partial charge in [0.1, 0.15) is 0 Å². The lowest BCUT2D eigenvalue weighted by Gasteiger charge is -2.30. The quantitative estimate of drug-likeness (QED) is 0.801. The summed E-state index contributed by atoms with van der Waals surface area (Å²) in [5, 5.41) is 3.57. The normalized spacial score (nSPS) is 17.1. The number of benzene rings is 2. The summed E-state index contributed by atoms with van der Waals surface area (Å²) in [6, 6.07) is 18.5. The molecule has 0 spiro atoms. The van der Waals surface area contributed by atoms with Crippen LogP contribution in [0.3, 0.4) is 0 Å². The van der Waals surface area contributed by atoms with E-state index in [1.54, 1.807) is 0 Å². The van der Waals surface area contributed by atoms with Gasteiger partial charge in [-0.15, -0.1) is 0 Å². The molecule has 0 radical (unpaired) electrons. The van der Waals surface area contributed by atoms with Crippen molar-refractivity contribution in [3.8, 4) is 0 Å². The van der Waals surface area contributed by atoms with E-state index in [2.05, 4.69) is 79.6 Å². The lowest BCUT2D eigenvalue weighted by molar-refractivity contribution is 0.122. The Balaban J connectivity index is 1.72. The van der Waals surface area contributed by atoms with Gasteiger partial charge >= 0.3 is 0 Å². The fourth-order valence-corrected chi connectivity index (χ4v) is 3.91. The van der Waals surface area contributed by atoms with Crippen molar-refractivity contribution in [3.05, 3.63) is 65.2 Å². The van der Waals surface area contributed by atoms with E-state index in [0.717, 1.165) is 39.1 Å². The van der Waals surface area contributed by atoms with Gasteiger partial charge < -0.3 is 15.0 Å². The molecule has 3 heteroatoms. The molecule has 0 aliphatic carbocycles. The first-order chi connectivity index (χ1) is 12.7. The molecule has 2 aromatic rings. The Morgan fingerprint density at radius 3 is 2.23 bits per heavy atom. The molecule has 1 fully saturated rings. The van der Waals surface area contributed by atoms with Crippen LogP contribution in [0.2, 0.25) is 0 Å². The summed E-state index contributed by atoms with van der Waals surface area (Å²) in [5.41, 5.74) is 5.43. The number of aryl methyl sites for hydroxylation is 1. The molecule has 1 N–H and O–H groups in total. The van der Waals surface area contributed by atoms with Crippen LogP contribution in [-0.4, -0.2) is 33.4 Å². The minimum Gasteiger partial charge on any atom is -0.378 e. The highest BCUT2D eigenvalue weighted by Crippen LogP contribution is 2.29. The Morgan fingerprint density at radius 2 is 1.65 bits per heavy atom. The summed E-state index contributed by atoms with van der Waals surface area (Å²) in [7, 11) is 2.08. The van der Waals surface area contributed by atoms with E-state index >= 15 is 0 Å². The number of anilines is 1. The molecule has 140 valence electrons. The van der Waals surface area contributed by atoms with Crippen LogP contribution in [0.1, 0.15) is 36.1 Å². The standard InChI is InChI=1S/C23H32N2O/c1-4-20(17-19-7-5-18(2)6-8-19)23(24-3)21-9-11-22(12-10-21)25-13-15-26-16-14-25/h5-12,20,23-24H,4,13-17H2,1-3H3. The smallest absolute Gasteiger partial charge is 0.0642 e. The Bertz CT molecular complexity index is 660. The van der Waals surface area contributed by atoms with Crippen LogP contribution in [0.5, 0.6) is 0 Å². The lowest BCUT2D eigenvalue weighted by atomic mass is 9.85. The SMILES string of the molecule is CCC(Cc1ccc(C)cc1)C(NC)c1ccc(N2CCOCC2)cc1. The monoisotopic (exact) mass is 352 g/mol. The minimum atomic E-state index is 0.375. The van der Waals surface area contributed by atoms with Gasteiger partial charge in [-0.1, -0.05) is 55.3 Å². The maximum atomic E-state index is 5.46. The third-order valence-corrected chi connectivity index (χ3v) is 5.55. The van der Waals surface area contributed by atoms with Gasteiger partial charge in [0.15, 0.2) is 0 Å². The third kappa shape index (κ3) is 4.66. The molecule has 0 aromatic heterocycles. The zero-order valence-corrected chi connectivity index (χ0v) is 16.4. The second-order valence-electron chi connectivity index (χ2n) is 7.32. The summed E-state index contributed by atoms with van der Waals surface area (Å²) in [6.07, 6.45) is 2.26. The first kappa shape index (κ1) is 18.9. The van der Waals surface area contributed by atoms with Crippen LogP contribution in [0, 0.1) is 12.8 Å². The number of rotatable bonds is 7. The van der Waals surface area contributed by atoms with Crippen LogP contribution >= 0.6 is 0 Å². The van der Waals surface area contributed by atoms with Gasteiger partial charge in [-0.25, -0.2) is 0 Å². The zero-order chi connectivity index (χ0) is 18.4. The molecule has 3 nitrogen and oxygen atoms in total. The lowest BCUT2D eigenvalue weighted by Crippen LogP contribution is -2.36. The van der Waals surface area contributed by atoms with E-state index in [4.69, 9.17) is 4.74 Å². The van der Waals surface area contributed by atoms with Crippen molar-refractivity contribution in [2.45, 2.75) is 32.7 Å². The Hall–Kier alpha value is -1.84. The fraction of sp³-hybridized carbons (Fsp3) is 0.478. The molecular weight excluding hydrogens is 320 g/mol. The molecule has 0 amide bonds. The molecule has 1 aliphatic heterocycles. The van der Waals surface area contributed by atoms with E-state index in [1.165, 1.54) is 22.4 Å². The molecule has 2 atom stereocenters. The highest BCUT2D eigenvalue weighted by Gasteiger charge is 2.21. The predicted octanol–water partition coefficient (Wildman–Crippen LogP) is 4.36. The molecule has 2 unspecified atom stereocenters. The van der Waals surface area contributed by atoms with Gasteiger partial charge in [-0.05, 0) is 49.6 Å². The van der Waals surface area contributed by atoms with Crippen LogP contribution in [0.4, 0.5) is 5.69 Å². The number of ether oxygens (including phenoxy) is 1. The van der Waals surface area contributed by atoms with Crippen molar-refractivity contribution in [1.29, 1.82) is 0 Å². The molecule has 0 bridgehead atoms. The average Bonchev–Trinajstić information content (AvgIpc) is 2.70. The second-order valence-corrected chi connectivity index (χ2v) is 7.32. The van der Waals surface area contributed by atoms with Gasteiger partial charge in [-0.2, -0.15) is 0 Å². The van der Waals surface area contributed by atoms with Crippen LogP contribution in [0.25, 0.3) is 0 Å². The number of morpholine rings is 1. The van der Waals surface area contributed by atoms with E-state index in [0.29, 0.717) is 12.0 Å². The molecule has 1 saturated heterocycles. The molecule has 2 aromatic carbocycles. The summed E-state index contributed by atoms with van der Waals surface area (Å²) in [6.45, 7) is 8.07. The van der Waals surface area contributed by atoms with Crippen LogP contribution in [0.15, 0.2) is 48.5 Å². The highest BCUT2D eigenvalue weighted by atomic mass is 16.5. The molecular formula is C23H32N2O. The number of hydrogen-bond acceptors (Lipinski definition) is 3. The van der Waals surface area contributed by atoms with Crippen LogP contribution < -0.4 is 10.2 Å². The van der Waals surface area contributed by atoms with Gasteiger partial charge in [0.2, 0.25) is 0 Å². The largest absolute Gasteiger partial charge is 0.378 e. The Morgan fingerprint density at radius 1 is 1.00 bits per heavy atom. The molecule has 3 rings (SSSR count). The molecule has 26 heavy (non-hydrogen) atoms. The van der Waals surface area contributed by atoms with Gasteiger partial charge in [-0.3, -0.25) is 0 Å². The van der Waals surface area contributed by atoms with Crippen molar-refractivity contribution in [3.63, 3.8) is 0 Å². The maximum Gasteiger partial charge on any atom is 0.0642 e. The van der Waals surface area contributed by atoms with E-state index in [-0.39, 0.29) is 0 Å². The van der Waals surface area contributed by atoms with Crippen molar-refractivity contribution >= 4 is 5.69 Å². The highest BCUT2D eigenvalue weighted by molar-refractivity contribution is 5.48. The van der Waals surface area contributed by atoms with Crippen molar-refractivity contribution in [1.82, 2.24) is 5.32 Å². The van der Waals surface area contributed by atoms with Crippen LogP contribution in [-0.2, 0) is 11.2 Å². The minimum absolute atomic E-state index is 0.375. The van der Waals surface area contributed by atoms with Gasteiger partial charge in [0, 0.05) is 24.8 Å². The molecule has 0 saturated carbocycles. The Labute approximate surface area is 158 Å². The van der Waals surface area contributed by atoms with E-state index in [1.807, 2.05) is 0 Å². The fourth-order valence-electron chi connectivity index (χ4n) is 3.91. The van der Waals surface area contributed by atoms with Crippen molar-refractivity contribution in [2.75, 3.05) is 38.3 Å². The zero-order valence-electron chi connectivity index (χ0n) is 16.4. The average molecular weight is 353 g/mol. The Kier molecular flexibility index (Phi) is 6.70. The summed E-state index contributed by atoms with van der Waals surface area (Å²) < 4.78 is 5.46. The van der Waals surface area contributed by atoms with Gasteiger partial charge in [0.05, 0.1) is 13.2 Å². The second kappa shape index (κ2) is 9.20. The van der Waals surface area contributed by atoms with Crippen molar-refractivity contribution in [2.24, 2.45) is 5.92 Å². The van der Waals surface area contributed by atoms with Gasteiger partial charge in [0.25, 0.3) is 0 Å². The van der Waals surface area contributed by atoms with E-state index in [9.17, 15) is 0 Å². The van der Waals surface area contributed by atoms with E-state index < -0.39 is 0 Å². The maximum absolute atomic E-state index is 5.46. The number of nitrogens with one attached hydrogen (secondary N) is 1. The first-order valence-electron chi connectivity index (χ1n) is 9.86. The van der Waals surface area contributed by atoms with Crippen molar-refractivity contribution < 1.29 is 4.74 Å². The third-order valence-electron chi connectivity index (χ3n) is 5.55. The first-order valence-corrected chi connectivity index (χ1v) is 9.86. The summed E-state index contributed by atoms with van der Waals surface area (Å²) in [5.74, 6) is 0.581. The molecule has 1 heterocycles. The molecule has 1 aliphatic rings. The predicted molar refractivity (Wildman–Crippen MR) is 110 cm³/mol. The summed E-state index contributed by atoms with van der Waals surface area (Å²) >= 11 is 0.